The molecule has 0 amide bonds. The predicted octanol–water partition coefficient (Wildman–Crippen LogP) is 4.44. The van der Waals surface area contributed by atoms with E-state index >= 15 is 0 Å². The van der Waals surface area contributed by atoms with Crippen molar-refractivity contribution in [2.75, 3.05) is 13.1 Å². The van der Waals surface area contributed by atoms with Crippen LogP contribution in [-0.2, 0) is 0 Å². The molecule has 1 unspecified atom stereocenters. The normalized spacial score (nSPS) is 31.3. The maximum atomic E-state index is 3.68. The van der Waals surface area contributed by atoms with E-state index in [0.717, 1.165) is 18.0 Å². The molecule has 1 saturated heterocycles. The lowest BCUT2D eigenvalue weighted by Gasteiger charge is -2.44. The minimum atomic E-state index is 0.542. The van der Waals surface area contributed by atoms with Gasteiger partial charge in [0, 0.05) is 24.7 Å². The van der Waals surface area contributed by atoms with E-state index < -0.39 is 0 Å². The van der Waals surface area contributed by atoms with Gasteiger partial charge in [0.1, 0.15) is 0 Å². The van der Waals surface area contributed by atoms with Crippen LogP contribution in [-0.4, -0.2) is 36.1 Å². The predicted molar refractivity (Wildman–Crippen MR) is 92.7 cm³/mol. The Labute approximate surface area is 133 Å². The molecule has 2 rings (SSSR count). The molecular formula is C19H38N2. The summed E-state index contributed by atoms with van der Waals surface area (Å²) < 4.78 is 0. The third-order valence-electron chi connectivity index (χ3n) is 6.44. The van der Waals surface area contributed by atoms with E-state index in [1.54, 1.807) is 0 Å². The molecular weight excluding hydrogens is 256 g/mol. The van der Waals surface area contributed by atoms with E-state index in [2.05, 4.69) is 44.8 Å². The molecule has 1 saturated carbocycles. The molecule has 2 nitrogen and oxygen atoms in total. The highest BCUT2D eigenvalue weighted by molar-refractivity contribution is 4.89. The van der Waals surface area contributed by atoms with Crippen LogP contribution in [0.25, 0.3) is 0 Å². The van der Waals surface area contributed by atoms with E-state index in [-0.39, 0.29) is 0 Å². The zero-order valence-electron chi connectivity index (χ0n) is 15.1. The maximum absolute atomic E-state index is 3.68. The van der Waals surface area contributed by atoms with Crippen LogP contribution in [0.1, 0.15) is 79.6 Å². The van der Waals surface area contributed by atoms with Crippen molar-refractivity contribution >= 4 is 0 Å². The van der Waals surface area contributed by atoms with Crippen molar-refractivity contribution in [1.82, 2.24) is 10.2 Å². The van der Waals surface area contributed by atoms with Crippen LogP contribution >= 0.6 is 0 Å². The van der Waals surface area contributed by atoms with Crippen LogP contribution in [0.4, 0.5) is 0 Å². The summed E-state index contributed by atoms with van der Waals surface area (Å²) in [6, 6.07) is 2.27. The Hall–Kier alpha value is -0.0800. The highest BCUT2D eigenvalue weighted by Crippen LogP contribution is 2.41. The molecule has 2 aliphatic rings. The Kier molecular flexibility index (Phi) is 6.14. The fourth-order valence-electron chi connectivity index (χ4n) is 4.43. The van der Waals surface area contributed by atoms with E-state index in [0.29, 0.717) is 11.5 Å². The molecule has 21 heavy (non-hydrogen) atoms. The van der Waals surface area contributed by atoms with Gasteiger partial charge in [0.2, 0.25) is 0 Å². The Bertz CT molecular complexity index is 297. The Balaban J connectivity index is 1.88. The fourth-order valence-corrected chi connectivity index (χ4v) is 4.43. The second-order valence-corrected chi connectivity index (χ2v) is 8.43. The lowest BCUT2D eigenvalue weighted by atomic mass is 9.68. The number of nitrogens with one attached hydrogen (secondary N) is 1. The van der Waals surface area contributed by atoms with Crippen molar-refractivity contribution < 1.29 is 0 Å². The third kappa shape index (κ3) is 4.45. The average Bonchev–Trinajstić information content (AvgIpc) is 2.97. The summed E-state index contributed by atoms with van der Waals surface area (Å²) in [7, 11) is 0. The average molecular weight is 295 g/mol. The molecule has 0 bridgehead atoms. The molecule has 0 aromatic rings. The van der Waals surface area contributed by atoms with Crippen LogP contribution in [0.15, 0.2) is 0 Å². The second kappa shape index (κ2) is 7.46. The SMILES string of the molecule is CCC(C)(C)C1CCC(N(CC2CCCN2)C(C)C)CC1. The quantitative estimate of drug-likeness (QED) is 0.779. The summed E-state index contributed by atoms with van der Waals surface area (Å²) in [6.07, 6.45) is 9.77. The minimum absolute atomic E-state index is 0.542. The maximum Gasteiger partial charge on any atom is 0.0195 e. The smallest absolute Gasteiger partial charge is 0.0195 e. The largest absolute Gasteiger partial charge is 0.313 e. The number of hydrogen-bond donors (Lipinski definition) is 1. The Morgan fingerprint density at radius 1 is 1.10 bits per heavy atom. The zero-order valence-corrected chi connectivity index (χ0v) is 15.1. The topological polar surface area (TPSA) is 15.3 Å². The van der Waals surface area contributed by atoms with Crippen molar-refractivity contribution in [2.45, 2.75) is 97.7 Å². The molecule has 0 radical (unpaired) electrons. The van der Waals surface area contributed by atoms with E-state index in [1.165, 1.54) is 58.0 Å². The molecule has 1 heterocycles. The molecule has 0 spiro atoms. The molecule has 1 atom stereocenters. The summed E-state index contributed by atoms with van der Waals surface area (Å²) in [6.45, 7) is 14.6. The lowest BCUT2D eigenvalue weighted by molar-refractivity contribution is 0.0630. The van der Waals surface area contributed by atoms with Crippen molar-refractivity contribution in [3.05, 3.63) is 0 Å². The Morgan fingerprint density at radius 2 is 1.76 bits per heavy atom. The van der Waals surface area contributed by atoms with Crippen LogP contribution in [0, 0.1) is 11.3 Å². The van der Waals surface area contributed by atoms with Gasteiger partial charge in [-0.3, -0.25) is 4.90 Å². The van der Waals surface area contributed by atoms with Crippen molar-refractivity contribution in [1.29, 1.82) is 0 Å². The molecule has 2 fully saturated rings. The summed E-state index contributed by atoms with van der Waals surface area (Å²) >= 11 is 0. The van der Waals surface area contributed by atoms with Gasteiger partial charge in [-0.05, 0) is 70.3 Å². The summed E-state index contributed by atoms with van der Waals surface area (Å²) in [5, 5.41) is 3.68. The monoisotopic (exact) mass is 294 g/mol. The van der Waals surface area contributed by atoms with Gasteiger partial charge in [-0.25, -0.2) is 0 Å². The molecule has 1 aliphatic carbocycles. The van der Waals surface area contributed by atoms with Crippen molar-refractivity contribution in [3.63, 3.8) is 0 Å². The van der Waals surface area contributed by atoms with Gasteiger partial charge >= 0.3 is 0 Å². The van der Waals surface area contributed by atoms with Crippen molar-refractivity contribution in [3.8, 4) is 0 Å². The van der Waals surface area contributed by atoms with E-state index in [9.17, 15) is 0 Å². The van der Waals surface area contributed by atoms with E-state index in [4.69, 9.17) is 0 Å². The lowest BCUT2D eigenvalue weighted by Crippen LogP contribution is -2.48. The summed E-state index contributed by atoms with van der Waals surface area (Å²) in [5.41, 5.74) is 0.542. The van der Waals surface area contributed by atoms with Crippen LogP contribution in [0.3, 0.4) is 0 Å². The number of hydrogen-bond acceptors (Lipinski definition) is 2. The van der Waals surface area contributed by atoms with Gasteiger partial charge in [0.05, 0.1) is 0 Å². The van der Waals surface area contributed by atoms with Gasteiger partial charge in [0.15, 0.2) is 0 Å². The molecule has 0 aromatic carbocycles. The molecule has 0 aromatic heterocycles. The molecule has 1 N–H and O–H groups in total. The fraction of sp³-hybridized carbons (Fsp3) is 1.00. The first kappa shape index (κ1) is 17.3. The van der Waals surface area contributed by atoms with Crippen LogP contribution < -0.4 is 5.32 Å². The highest BCUT2D eigenvalue weighted by Gasteiger charge is 2.34. The zero-order chi connectivity index (χ0) is 15.5. The van der Waals surface area contributed by atoms with Crippen LogP contribution in [0.5, 0.6) is 0 Å². The van der Waals surface area contributed by atoms with Gasteiger partial charge in [-0.2, -0.15) is 0 Å². The number of nitrogens with zero attached hydrogens (tertiary/aromatic N) is 1. The second-order valence-electron chi connectivity index (χ2n) is 8.43. The van der Waals surface area contributed by atoms with Crippen LogP contribution in [0.2, 0.25) is 0 Å². The standard InChI is InChI=1S/C19H38N2/c1-6-19(4,5)16-9-11-18(12-10-16)21(15(2)3)14-17-8-7-13-20-17/h15-18,20H,6-14H2,1-5H3. The third-order valence-corrected chi connectivity index (χ3v) is 6.44. The van der Waals surface area contributed by atoms with Gasteiger partial charge in [-0.1, -0.05) is 27.2 Å². The number of rotatable bonds is 6. The van der Waals surface area contributed by atoms with E-state index in [1.807, 2.05) is 0 Å². The summed E-state index contributed by atoms with van der Waals surface area (Å²) in [4.78, 5) is 2.80. The van der Waals surface area contributed by atoms with Gasteiger partial charge < -0.3 is 5.32 Å². The summed E-state index contributed by atoms with van der Waals surface area (Å²) in [5.74, 6) is 0.942. The molecule has 2 heteroatoms. The van der Waals surface area contributed by atoms with Gasteiger partial charge in [-0.15, -0.1) is 0 Å². The Morgan fingerprint density at radius 3 is 2.24 bits per heavy atom. The molecule has 124 valence electrons. The first-order valence-electron chi connectivity index (χ1n) is 9.43. The van der Waals surface area contributed by atoms with Gasteiger partial charge in [0.25, 0.3) is 0 Å². The first-order valence-corrected chi connectivity index (χ1v) is 9.43. The first-order chi connectivity index (χ1) is 9.94. The minimum Gasteiger partial charge on any atom is -0.313 e. The van der Waals surface area contributed by atoms with Crippen molar-refractivity contribution in [2.24, 2.45) is 11.3 Å². The molecule has 1 aliphatic heterocycles. The highest BCUT2D eigenvalue weighted by atomic mass is 15.2.